The Morgan fingerprint density at radius 1 is 0.853 bits per heavy atom. The van der Waals surface area contributed by atoms with E-state index < -0.39 is 0 Å². The molecule has 6 heteroatoms. The largest absolute Gasteiger partial charge is 0.497 e. The molecule has 2 heterocycles. The Bertz CT molecular complexity index is 1310. The van der Waals surface area contributed by atoms with Crippen molar-refractivity contribution < 1.29 is 18.6 Å². The SMILES string of the molecule is COc1ccc2c(-c3ccc(OCCN4CCOCC4)cc3)c(-c3ccccc3)c(=O)oc2c1. The van der Waals surface area contributed by atoms with Crippen molar-refractivity contribution in [3.8, 4) is 33.8 Å². The van der Waals surface area contributed by atoms with Crippen molar-refractivity contribution in [3.63, 3.8) is 0 Å². The van der Waals surface area contributed by atoms with Gasteiger partial charge >= 0.3 is 5.63 Å². The lowest BCUT2D eigenvalue weighted by Gasteiger charge is -2.26. The summed E-state index contributed by atoms with van der Waals surface area (Å²) in [4.78, 5) is 15.5. The molecule has 0 aliphatic carbocycles. The summed E-state index contributed by atoms with van der Waals surface area (Å²) in [7, 11) is 1.59. The van der Waals surface area contributed by atoms with E-state index in [1.54, 1.807) is 13.2 Å². The van der Waals surface area contributed by atoms with Gasteiger partial charge in [0.15, 0.2) is 0 Å². The van der Waals surface area contributed by atoms with Crippen LogP contribution in [-0.2, 0) is 4.74 Å². The van der Waals surface area contributed by atoms with Crippen LogP contribution in [0.5, 0.6) is 11.5 Å². The van der Waals surface area contributed by atoms with E-state index in [-0.39, 0.29) is 5.63 Å². The molecule has 1 aliphatic rings. The topological polar surface area (TPSA) is 61.1 Å². The van der Waals surface area contributed by atoms with Crippen LogP contribution in [0.25, 0.3) is 33.2 Å². The molecule has 174 valence electrons. The van der Waals surface area contributed by atoms with Gasteiger partial charge in [-0.1, -0.05) is 42.5 Å². The fraction of sp³-hybridized carbons (Fsp3) is 0.250. The zero-order valence-electron chi connectivity index (χ0n) is 19.2. The maximum atomic E-state index is 13.1. The van der Waals surface area contributed by atoms with E-state index in [1.807, 2.05) is 66.7 Å². The van der Waals surface area contributed by atoms with Crippen LogP contribution in [0.3, 0.4) is 0 Å². The van der Waals surface area contributed by atoms with Crippen molar-refractivity contribution in [2.24, 2.45) is 0 Å². The molecule has 1 aliphatic heterocycles. The van der Waals surface area contributed by atoms with Crippen LogP contribution in [0, 0.1) is 0 Å². The molecule has 6 nitrogen and oxygen atoms in total. The summed E-state index contributed by atoms with van der Waals surface area (Å²) in [5.41, 5.74) is 3.22. The first kappa shape index (κ1) is 22.2. The number of morpholine rings is 1. The molecule has 1 saturated heterocycles. The van der Waals surface area contributed by atoms with Gasteiger partial charge in [0.25, 0.3) is 0 Å². The van der Waals surface area contributed by atoms with Crippen molar-refractivity contribution in [2.75, 3.05) is 46.6 Å². The molecule has 0 spiro atoms. The molecule has 1 aromatic heterocycles. The van der Waals surface area contributed by atoms with Crippen molar-refractivity contribution >= 4 is 11.0 Å². The summed E-state index contributed by atoms with van der Waals surface area (Å²) < 4.78 is 22.4. The Hall–Kier alpha value is -3.61. The van der Waals surface area contributed by atoms with Gasteiger partial charge in [0.2, 0.25) is 0 Å². The Morgan fingerprint density at radius 3 is 2.29 bits per heavy atom. The molecule has 0 amide bonds. The summed E-state index contributed by atoms with van der Waals surface area (Å²) in [6.07, 6.45) is 0. The normalized spacial score (nSPS) is 14.3. The lowest BCUT2D eigenvalue weighted by molar-refractivity contribution is 0.0322. The van der Waals surface area contributed by atoms with Crippen molar-refractivity contribution in [2.45, 2.75) is 0 Å². The zero-order chi connectivity index (χ0) is 23.3. The highest BCUT2D eigenvalue weighted by molar-refractivity contribution is 6.01. The summed E-state index contributed by atoms with van der Waals surface area (Å²) in [6, 6.07) is 23.1. The van der Waals surface area contributed by atoms with Gasteiger partial charge in [-0.05, 0) is 35.4 Å². The number of hydrogen-bond donors (Lipinski definition) is 0. The maximum Gasteiger partial charge on any atom is 0.344 e. The van der Waals surface area contributed by atoms with Gasteiger partial charge in [-0.15, -0.1) is 0 Å². The number of hydrogen-bond acceptors (Lipinski definition) is 6. The molecule has 0 saturated carbocycles. The molecule has 1 fully saturated rings. The Kier molecular flexibility index (Phi) is 6.60. The number of methoxy groups -OCH3 is 1. The minimum Gasteiger partial charge on any atom is -0.497 e. The second kappa shape index (κ2) is 10.1. The molecule has 3 aromatic carbocycles. The standard InChI is InChI=1S/C28H27NO5/c1-31-23-11-12-24-25(19-23)34-28(30)27(20-5-3-2-4-6-20)26(24)21-7-9-22(10-8-21)33-18-15-29-13-16-32-17-14-29/h2-12,19H,13-18H2,1H3. The third kappa shape index (κ3) is 4.69. The Labute approximate surface area is 198 Å². The third-order valence-electron chi connectivity index (χ3n) is 6.10. The fourth-order valence-electron chi connectivity index (χ4n) is 4.31. The monoisotopic (exact) mass is 457 g/mol. The number of rotatable bonds is 7. The van der Waals surface area contributed by atoms with Crippen LogP contribution in [-0.4, -0.2) is 51.5 Å². The van der Waals surface area contributed by atoms with E-state index in [1.165, 1.54) is 0 Å². The minimum absolute atomic E-state index is 0.382. The van der Waals surface area contributed by atoms with Crippen LogP contribution in [0.4, 0.5) is 0 Å². The van der Waals surface area contributed by atoms with Crippen LogP contribution in [0.2, 0.25) is 0 Å². The third-order valence-corrected chi connectivity index (χ3v) is 6.10. The quantitative estimate of drug-likeness (QED) is 0.370. The Morgan fingerprint density at radius 2 is 1.56 bits per heavy atom. The van der Waals surface area contributed by atoms with E-state index in [0.717, 1.165) is 60.7 Å². The number of benzene rings is 3. The maximum absolute atomic E-state index is 13.1. The van der Waals surface area contributed by atoms with Crippen LogP contribution in [0.1, 0.15) is 0 Å². The average molecular weight is 458 g/mol. The van der Waals surface area contributed by atoms with Gasteiger partial charge in [-0.25, -0.2) is 4.79 Å². The molecular weight excluding hydrogens is 430 g/mol. The molecule has 0 radical (unpaired) electrons. The highest BCUT2D eigenvalue weighted by atomic mass is 16.5. The van der Waals surface area contributed by atoms with Crippen LogP contribution < -0.4 is 15.1 Å². The summed E-state index contributed by atoms with van der Waals surface area (Å²) >= 11 is 0. The predicted octanol–water partition coefficient (Wildman–Crippen LogP) is 4.85. The second-order valence-corrected chi connectivity index (χ2v) is 8.19. The summed E-state index contributed by atoms with van der Waals surface area (Å²) in [5, 5.41) is 0.847. The number of nitrogens with zero attached hydrogens (tertiary/aromatic N) is 1. The molecule has 5 rings (SSSR count). The lowest BCUT2D eigenvalue weighted by Crippen LogP contribution is -2.38. The minimum atomic E-state index is -0.382. The molecule has 34 heavy (non-hydrogen) atoms. The van der Waals surface area contributed by atoms with Gasteiger partial charge in [-0.3, -0.25) is 4.90 Å². The second-order valence-electron chi connectivity index (χ2n) is 8.19. The summed E-state index contributed by atoms with van der Waals surface area (Å²) in [5.74, 6) is 1.44. The average Bonchev–Trinajstić information content (AvgIpc) is 2.89. The van der Waals surface area contributed by atoms with Gasteiger partial charge in [0, 0.05) is 36.7 Å². The highest BCUT2D eigenvalue weighted by Gasteiger charge is 2.18. The van der Waals surface area contributed by atoms with E-state index in [0.29, 0.717) is 23.5 Å². The number of fused-ring (bicyclic) bond motifs is 1. The van der Waals surface area contributed by atoms with Crippen molar-refractivity contribution in [3.05, 3.63) is 83.2 Å². The van der Waals surface area contributed by atoms with Gasteiger partial charge < -0.3 is 18.6 Å². The molecular formula is C28H27NO5. The van der Waals surface area contributed by atoms with Gasteiger partial charge in [0.05, 0.1) is 25.9 Å². The molecule has 0 atom stereocenters. The molecule has 0 bridgehead atoms. The van der Waals surface area contributed by atoms with Gasteiger partial charge in [0.1, 0.15) is 23.7 Å². The van der Waals surface area contributed by atoms with E-state index in [4.69, 9.17) is 18.6 Å². The van der Waals surface area contributed by atoms with Gasteiger partial charge in [-0.2, -0.15) is 0 Å². The Balaban J connectivity index is 1.49. The smallest absolute Gasteiger partial charge is 0.344 e. The number of ether oxygens (including phenoxy) is 3. The zero-order valence-corrected chi connectivity index (χ0v) is 19.2. The highest BCUT2D eigenvalue weighted by Crippen LogP contribution is 2.37. The molecule has 0 unspecified atom stereocenters. The molecule has 0 N–H and O–H groups in total. The summed E-state index contributed by atoms with van der Waals surface area (Å²) in [6.45, 7) is 4.94. The molecule has 4 aromatic rings. The van der Waals surface area contributed by atoms with E-state index in [9.17, 15) is 4.79 Å². The van der Waals surface area contributed by atoms with E-state index >= 15 is 0 Å². The first-order chi connectivity index (χ1) is 16.7. The van der Waals surface area contributed by atoms with Crippen LogP contribution in [0.15, 0.2) is 82.0 Å². The first-order valence-electron chi connectivity index (χ1n) is 11.5. The predicted molar refractivity (Wildman–Crippen MR) is 133 cm³/mol. The van der Waals surface area contributed by atoms with E-state index in [2.05, 4.69) is 4.90 Å². The fourth-order valence-corrected chi connectivity index (χ4v) is 4.31. The van der Waals surface area contributed by atoms with Crippen molar-refractivity contribution in [1.82, 2.24) is 4.90 Å². The van der Waals surface area contributed by atoms with Crippen LogP contribution >= 0.6 is 0 Å². The lowest BCUT2D eigenvalue weighted by atomic mass is 9.93. The first-order valence-corrected chi connectivity index (χ1v) is 11.5. The van der Waals surface area contributed by atoms with Crippen molar-refractivity contribution in [1.29, 1.82) is 0 Å².